The number of rotatable bonds is 6. The van der Waals surface area contributed by atoms with Gasteiger partial charge in [0.05, 0.1) is 12.5 Å². The number of piperazine rings is 1. The third-order valence-electron chi connectivity index (χ3n) is 4.73. The van der Waals surface area contributed by atoms with Crippen molar-refractivity contribution < 1.29 is 9.90 Å². The average Bonchev–Trinajstić information content (AvgIpc) is 2.58. The van der Waals surface area contributed by atoms with Gasteiger partial charge >= 0.3 is 0 Å². The molecule has 1 N–H and O–H groups in total. The third-order valence-corrected chi connectivity index (χ3v) is 4.73. The highest BCUT2D eigenvalue weighted by atomic mass is 16.3. The lowest BCUT2D eigenvalue weighted by Crippen LogP contribution is -2.53. The summed E-state index contributed by atoms with van der Waals surface area (Å²) in [6.07, 6.45) is 1.78. The number of carbonyl (C=O) groups excluding carboxylic acids is 1. The van der Waals surface area contributed by atoms with Gasteiger partial charge in [0.2, 0.25) is 5.91 Å². The Morgan fingerprint density at radius 3 is 2.23 bits per heavy atom. The molecule has 4 heteroatoms. The number of benzene rings is 1. The van der Waals surface area contributed by atoms with Crippen molar-refractivity contribution in [3.05, 3.63) is 35.9 Å². The molecule has 1 amide bonds. The van der Waals surface area contributed by atoms with Crippen molar-refractivity contribution in [2.45, 2.75) is 38.6 Å². The lowest BCUT2D eigenvalue weighted by atomic mass is 9.94. The number of aliphatic hydroxyl groups is 1. The first kappa shape index (κ1) is 17.0. The van der Waals surface area contributed by atoms with Crippen LogP contribution in [-0.4, -0.2) is 59.6 Å². The Bertz CT molecular complexity index is 451. The van der Waals surface area contributed by atoms with Crippen LogP contribution in [0, 0.1) is 0 Å². The second kappa shape index (κ2) is 8.30. The quantitative estimate of drug-likeness (QED) is 0.875. The van der Waals surface area contributed by atoms with Crippen LogP contribution in [0.2, 0.25) is 0 Å². The third kappa shape index (κ3) is 3.87. The van der Waals surface area contributed by atoms with Gasteiger partial charge in [-0.15, -0.1) is 0 Å². The van der Waals surface area contributed by atoms with E-state index >= 15 is 0 Å². The van der Waals surface area contributed by atoms with E-state index in [0.29, 0.717) is 0 Å². The van der Waals surface area contributed by atoms with Gasteiger partial charge in [-0.25, -0.2) is 0 Å². The van der Waals surface area contributed by atoms with Gasteiger partial charge in [-0.05, 0) is 18.4 Å². The van der Waals surface area contributed by atoms with Crippen molar-refractivity contribution in [2.75, 3.05) is 32.8 Å². The number of nitrogens with zero attached hydrogens (tertiary/aromatic N) is 2. The minimum atomic E-state index is -0.0347. The van der Waals surface area contributed by atoms with Crippen molar-refractivity contribution >= 4 is 5.91 Å². The summed E-state index contributed by atoms with van der Waals surface area (Å²) in [5, 5.41) is 9.41. The van der Waals surface area contributed by atoms with Crippen molar-refractivity contribution in [1.29, 1.82) is 0 Å². The van der Waals surface area contributed by atoms with E-state index in [-0.39, 0.29) is 24.5 Å². The summed E-state index contributed by atoms with van der Waals surface area (Å²) in [7, 11) is 0. The molecule has 22 heavy (non-hydrogen) atoms. The second-order valence-electron chi connectivity index (χ2n) is 5.98. The molecular formula is C18H28N2O2. The summed E-state index contributed by atoms with van der Waals surface area (Å²) in [6, 6.07) is 10.3. The fourth-order valence-corrected chi connectivity index (χ4v) is 3.27. The Kier molecular flexibility index (Phi) is 6.40. The molecule has 1 saturated heterocycles. The lowest BCUT2D eigenvalue weighted by molar-refractivity contribution is -0.135. The first-order chi connectivity index (χ1) is 10.7. The standard InChI is InChI=1S/C18H28N2O2/c1-3-16(14-21)19-10-12-20(13-11-19)18(22)17(4-2)15-8-6-5-7-9-15/h5-9,16-17,21H,3-4,10-14H2,1-2H3. The van der Waals surface area contributed by atoms with Crippen molar-refractivity contribution in [3.63, 3.8) is 0 Å². The molecule has 4 nitrogen and oxygen atoms in total. The highest BCUT2D eigenvalue weighted by molar-refractivity contribution is 5.83. The summed E-state index contributed by atoms with van der Waals surface area (Å²) < 4.78 is 0. The Morgan fingerprint density at radius 1 is 1.09 bits per heavy atom. The summed E-state index contributed by atoms with van der Waals surface area (Å²) in [6.45, 7) is 7.61. The van der Waals surface area contributed by atoms with Gasteiger partial charge in [0.1, 0.15) is 0 Å². The molecule has 0 bridgehead atoms. The molecule has 2 unspecified atom stereocenters. The van der Waals surface area contributed by atoms with Crippen molar-refractivity contribution in [1.82, 2.24) is 9.80 Å². The van der Waals surface area contributed by atoms with Gasteiger partial charge in [-0.2, -0.15) is 0 Å². The van der Waals surface area contributed by atoms with Crippen LogP contribution in [0.15, 0.2) is 30.3 Å². The van der Waals surface area contributed by atoms with Gasteiger partial charge in [-0.3, -0.25) is 9.69 Å². The highest BCUT2D eigenvalue weighted by Crippen LogP contribution is 2.23. The van der Waals surface area contributed by atoms with Crippen LogP contribution in [0.3, 0.4) is 0 Å². The van der Waals surface area contributed by atoms with Crippen LogP contribution in [0.1, 0.15) is 38.2 Å². The van der Waals surface area contributed by atoms with Crippen LogP contribution in [-0.2, 0) is 4.79 Å². The largest absolute Gasteiger partial charge is 0.395 e. The first-order valence-electron chi connectivity index (χ1n) is 8.39. The zero-order chi connectivity index (χ0) is 15.9. The maximum absolute atomic E-state index is 12.8. The fraction of sp³-hybridized carbons (Fsp3) is 0.611. The van der Waals surface area contributed by atoms with Gasteiger partial charge in [0.25, 0.3) is 0 Å². The molecule has 1 aliphatic heterocycles. The number of aliphatic hydroxyl groups excluding tert-OH is 1. The number of hydrogen-bond donors (Lipinski definition) is 1. The van der Waals surface area contributed by atoms with E-state index in [2.05, 4.69) is 18.7 Å². The second-order valence-corrected chi connectivity index (χ2v) is 5.98. The molecule has 2 atom stereocenters. The van der Waals surface area contributed by atoms with Gasteiger partial charge in [-0.1, -0.05) is 44.2 Å². The minimum absolute atomic E-state index is 0.0347. The van der Waals surface area contributed by atoms with Crippen LogP contribution in [0.25, 0.3) is 0 Å². The molecular weight excluding hydrogens is 276 g/mol. The fourth-order valence-electron chi connectivity index (χ4n) is 3.27. The van der Waals surface area contributed by atoms with Crippen LogP contribution < -0.4 is 0 Å². The monoisotopic (exact) mass is 304 g/mol. The molecule has 1 aromatic rings. The van der Waals surface area contributed by atoms with Gasteiger partial charge in [0.15, 0.2) is 0 Å². The van der Waals surface area contributed by atoms with E-state index < -0.39 is 0 Å². The molecule has 0 saturated carbocycles. The van der Waals surface area contributed by atoms with E-state index in [1.807, 2.05) is 35.2 Å². The number of amides is 1. The normalized spacial score (nSPS) is 19.0. The summed E-state index contributed by atoms with van der Waals surface area (Å²) in [5.41, 5.74) is 1.11. The number of carbonyl (C=O) groups is 1. The van der Waals surface area contributed by atoms with Crippen molar-refractivity contribution in [3.8, 4) is 0 Å². The topological polar surface area (TPSA) is 43.8 Å². The summed E-state index contributed by atoms with van der Waals surface area (Å²) >= 11 is 0. The molecule has 0 spiro atoms. The summed E-state index contributed by atoms with van der Waals surface area (Å²) in [5.74, 6) is 0.206. The van der Waals surface area contributed by atoms with Crippen LogP contribution >= 0.6 is 0 Å². The maximum Gasteiger partial charge on any atom is 0.230 e. The average molecular weight is 304 g/mol. The molecule has 0 aromatic heterocycles. The van der Waals surface area contributed by atoms with E-state index in [1.54, 1.807) is 0 Å². The first-order valence-corrected chi connectivity index (χ1v) is 8.39. The molecule has 0 aliphatic carbocycles. The van der Waals surface area contributed by atoms with Crippen LogP contribution in [0.5, 0.6) is 0 Å². The molecule has 1 fully saturated rings. The summed E-state index contributed by atoms with van der Waals surface area (Å²) in [4.78, 5) is 17.1. The lowest BCUT2D eigenvalue weighted by Gasteiger charge is -2.39. The Balaban J connectivity index is 1.97. The molecule has 2 rings (SSSR count). The zero-order valence-corrected chi connectivity index (χ0v) is 13.7. The Labute approximate surface area is 133 Å². The van der Waals surface area contributed by atoms with E-state index in [9.17, 15) is 9.90 Å². The van der Waals surface area contributed by atoms with E-state index in [1.165, 1.54) is 0 Å². The predicted octanol–water partition coefficient (Wildman–Crippen LogP) is 2.10. The predicted molar refractivity (Wildman–Crippen MR) is 88.8 cm³/mol. The molecule has 1 heterocycles. The van der Waals surface area contributed by atoms with Gasteiger partial charge in [0, 0.05) is 32.2 Å². The highest BCUT2D eigenvalue weighted by Gasteiger charge is 2.29. The molecule has 0 radical (unpaired) electrons. The van der Waals surface area contributed by atoms with E-state index in [0.717, 1.165) is 44.6 Å². The van der Waals surface area contributed by atoms with Gasteiger partial charge < -0.3 is 10.0 Å². The SMILES string of the molecule is CCC(C(=O)N1CCN(C(CC)CO)CC1)c1ccccc1. The molecule has 122 valence electrons. The zero-order valence-electron chi connectivity index (χ0n) is 13.7. The van der Waals surface area contributed by atoms with Crippen molar-refractivity contribution in [2.24, 2.45) is 0 Å². The Hall–Kier alpha value is -1.39. The maximum atomic E-state index is 12.8. The molecule has 1 aliphatic rings. The van der Waals surface area contributed by atoms with E-state index in [4.69, 9.17) is 0 Å². The minimum Gasteiger partial charge on any atom is -0.395 e. The molecule has 1 aromatic carbocycles. The number of hydrogen-bond acceptors (Lipinski definition) is 3. The van der Waals surface area contributed by atoms with Crippen LogP contribution in [0.4, 0.5) is 0 Å². The smallest absolute Gasteiger partial charge is 0.230 e. The Morgan fingerprint density at radius 2 is 1.73 bits per heavy atom.